The van der Waals surface area contributed by atoms with E-state index in [9.17, 15) is 4.79 Å². The molecule has 0 aromatic carbocycles. The summed E-state index contributed by atoms with van der Waals surface area (Å²) in [5.74, 6) is 0.187. The van der Waals surface area contributed by atoms with Crippen molar-refractivity contribution >= 4 is 5.91 Å². The van der Waals surface area contributed by atoms with Crippen molar-refractivity contribution < 1.29 is 9.90 Å². The largest absolute Gasteiger partial charge is 0.396 e. The lowest BCUT2D eigenvalue weighted by molar-refractivity contribution is -0.131. The molecule has 0 radical (unpaired) electrons. The van der Waals surface area contributed by atoms with Crippen molar-refractivity contribution in [1.82, 2.24) is 15.1 Å². The first kappa shape index (κ1) is 12.8. The third-order valence-corrected chi connectivity index (χ3v) is 3.92. The van der Waals surface area contributed by atoms with Crippen LogP contribution in [0.25, 0.3) is 0 Å². The van der Waals surface area contributed by atoms with Crippen molar-refractivity contribution in [2.75, 3.05) is 52.9 Å². The number of aliphatic hydroxyl groups excluding tert-OH is 1. The van der Waals surface area contributed by atoms with Gasteiger partial charge in [0.25, 0.3) is 0 Å². The highest BCUT2D eigenvalue weighted by Crippen LogP contribution is 2.44. The lowest BCUT2D eigenvalue weighted by Crippen LogP contribution is -2.49. The minimum absolute atomic E-state index is 0.0857. The summed E-state index contributed by atoms with van der Waals surface area (Å²) in [6.45, 7) is 5.01. The van der Waals surface area contributed by atoms with Crippen LogP contribution in [-0.4, -0.2) is 73.7 Å². The molecule has 1 heterocycles. The van der Waals surface area contributed by atoms with E-state index in [1.54, 1.807) is 0 Å². The van der Waals surface area contributed by atoms with Gasteiger partial charge in [-0.2, -0.15) is 0 Å². The summed E-state index contributed by atoms with van der Waals surface area (Å²) in [7, 11) is 2.08. The fourth-order valence-corrected chi connectivity index (χ4v) is 2.17. The average Bonchev–Trinajstić information content (AvgIpc) is 3.10. The first-order valence-electron chi connectivity index (χ1n) is 6.43. The van der Waals surface area contributed by atoms with Crippen LogP contribution in [0.2, 0.25) is 0 Å². The standard InChI is InChI=1S/C12H23N3O2/c1-14-4-6-15(7-5-14)11(17)8-13-9-12(10-16)2-3-12/h13,16H,2-10H2,1H3. The van der Waals surface area contributed by atoms with Crippen LogP contribution < -0.4 is 5.32 Å². The molecule has 98 valence electrons. The Balaban J connectivity index is 1.64. The number of likely N-dealkylation sites (N-methyl/N-ethyl adjacent to an activating group) is 1. The molecule has 1 amide bonds. The maximum Gasteiger partial charge on any atom is 0.236 e. The summed E-state index contributed by atoms with van der Waals surface area (Å²) in [6.07, 6.45) is 2.17. The zero-order chi connectivity index (χ0) is 12.3. The van der Waals surface area contributed by atoms with Gasteiger partial charge in [-0.15, -0.1) is 0 Å². The Labute approximate surface area is 103 Å². The van der Waals surface area contributed by atoms with E-state index in [1.165, 1.54) is 0 Å². The molecule has 1 saturated heterocycles. The summed E-state index contributed by atoms with van der Waals surface area (Å²) in [5, 5.41) is 12.3. The molecule has 1 aliphatic carbocycles. The molecule has 1 aliphatic heterocycles. The summed E-state index contributed by atoms with van der Waals surface area (Å²) >= 11 is 0. The lowest BCUT2D eigenvalue weighted by Gasteiger charge is -2.32. The van der Waals surface area contributed by atoms with Crippen molar-refractivity contribution in [3.8, 4) is 0 Å². The molecule has 0 spiro atoms. The van der Waals surface area contributed by atoms with Gasteiger partial charge in [0.05, 0.1) is 6.54 Å². The molecule has 0 aromatic heterocycles. The Bertz CT molecular complexity index is 271. The van der Waals surface area contributed by atoms with E-state index in [0.717, 1.165) is 45.6 Å². The minimum atomic E-state index is 0.0857. The number of amides is 1. The van der Waals surface area contributed by atoms with Gasteiger partial charge in [0.15, 0.2) is 0 Å². The van der Waals surface area contributed by atoms with Gasteiger partial charge in [0, 0.05) is 44.7 Å². The molecule has 5 heteroatoms. The molecular formula is C12H23N3O2. The van der Waals surface area contributed by atoms with E-state index in [-0.39, 0.29) is 17.9 Å². The van der Waals surface area contributed by atoms with Gasteiger partial charge in [-0.3, -0.25) is 4.79 Å². The van der Waals surface area contributed by atoms with Crippen molar-refractivity contribution in [2.45, 2.75) is 12.8 Å². The first-order valence-corrected chi connectivity index (χ1v) is 6.43. The zero-order valence-electron chi connectivity index (χ0n) is 10.6. The van der Waals surface area contributed by atoms with Crippen LogP contribution in [-0.2, 0) is 4.79 Å². The van der Waals surface area contributed by atoms with Crippen LogP contribution in [0.15, 0.2) is 0 Å². The van der Waals surface area contributed by atoms with Gasteiger partial charge in [-0.05, 0) is 19.9 Å². The Morgan fingerprint density at radius 1 is 1.29 bits per heavy atom. The second-order valence-electron chi connectivity index (χ2n) is 5.45. The van der Waals surface area contributed by atoms with E-state index in [4.69, 9.17) is 5.11 Å². The Kier molecular flexibility index (Phi) is 4.01. The van der Waals surface area contributed by atoms with Gasteiger partial charge in [-0.1, -0.05) is 0 Å². The van der Waals surface area contributed by atoms with Crippen LogP contribution in [0, 0.1) is 5.41 Å². The topological polar surface area (TPSA) is 55.8 Å². The molecule has 2 N–H and O–H groups in total. The predicted octanol–water partition coefficient (Wildman–Crippen LogP) is -0.877. The van der Waals surface area contributed by atoms with E-state index in [1.807, 2.05) is 4.90 Å². The highest BCUT2D eigenvalue weighted by atomic mass is 16.3. The fraction of sp³-hybridized carbons (Fsp3) is 0.917. The van der Waals surface area contributed by atoms with Crippen molar-refractivity contribution in [2.24, 2.45) is 5.41 Å². The molecule has 0 bridgehead atoms. The summed E-state index contributed by atoms with van der Waals surface area (Å²) in [5.41, 5.74) is 0.0857. The molecule has 0 aromatic rings. The highest BCUT2D eigenvalue weighted by Gasteiger charge is 2.41. The summed E-state index contributed by atoms with van der Waals surface area (Å²) < 4.78 is 0. The molecule has 2 fully saturated rings. The predicted molar refractivity (Wildman–Crippen MR) is 65.7 cm³/mol. The van der Waals surface area contributed by atoms with Crippen LogP contribution in [0.1, 0.15) is 12.8 Å². The van der Waals surface area contributed by atoms with Gasteiger partial charge in [0.2, 0.25) is 5.91 Å². The Hall–Kier alpha value is -0.650. The fourth-order valence-electron chi connectivity index (χ4n) is 2.17. The molecule has 17 heavy (non-hydrogen) atoms. The number of carbonyl (C=O) groups is 1. The van der Waals surface area contributed by atoms with E-state index in [2.05, 4.69) is 17.3 Å². The second-order valence-corrected chi connectivity index (χ2v) is 5.45. The second kappa shape index (κ2) is 5.33. The average molecular weight is 241 g/mol. The van der Waals surface area contributed by atoms with Gasteiger partial charge in [-0.25, -0.2) is 0 Å². The number of hydrogen-bond donors (Lipinski definition) is 2. The highest BCUT2D eigenvalue weighted by molar-refractivity contribution is 5.78. The van der Waals surface area contributed by atoms with Crippen molar-refractivity contribution in [3.05, 3.63) is 0 Å². The first-order chi connectivity index (χ1) is 8.15. The molecule has 2 aliphatic rings. The molecule has 0 unspecified atom stereocenters. The SMILES string of the molecule is CN1CCN(C(=O)CNCC2(CO)CC2)CC1. The monoisotopic (exact) mass is 241 g/mol. The molecule has 5 nitrogen and oxygen atoms in total. The normalized spacial score (nSPS) is 23.8. The van der Waals surface area contributed by atoms with Crippen LogP contribution in [0.5, 0.6) is 0 Å². The Morgan fingerprint density at radius 3 is 2.47 bits per heavy atom. The van der Waals surface area contributed by atoms with E-state index < -0.39 is 0 Å². The number of nitrogens with one attached hydrogen (secondary N) is 1. The quantitative estimate of drug-likeness (QED) is 0.656. The molecular weight excluding hydrogens is 218 g/mol. The number of hydrogen-bond acceptors (Lipinski definition) is 4. The minimum Gasteiger partial charge on any atom is -0.396 e. The van der Waals surface area contributed by atoms with E-state index >= 15 is 0 Å². The Morgan fingerprint density at radius 2 is 1.94 bits per heavy atom. The smallest absolute Gasteiger partial charge is 0.236 e. The third-order valence-electron chi connectivity index (χ3n) is 3.92. The third kappa shape index (κ3) is 3.40. The van der Waals surface area contributed by atoms with Gasteiger partial charge < -0.3 is 20.2 Å². The number of carbonyl (C=O) groups excluding carboxylic acids is 1. The van der Waals surface area contributed by atoms with Gasteiger partial charge in [0.1, 0.15) is 0 Å². The maximum absolute atomic E-state index is 11.9. The van der Waals surface area contributed by atoms with Crippen molar-refractivity contribution in [3.63, 3.8) is 0 Å². The zero-order valence-corrected chi connectivity index (χ0v) is 10.6. The number of piperazine rings is 1. The maximum atomic E-state index is 11.9. The molecule has 2 rings (SSSR count). The molecule has 1 saturated carbocycles. The van der Waals surface area contributed by atoms with Crippen LogP contribution >= 0.6 is 0 Å². The van der Waals surface area contributed by atoms with Gasteiger partial charge >= 0.3 is 0 Å². The van der Waals surface area contributed by atoms with E-state index in [0.29, 0.717) is 6.54 Å². The number of aliphatic hydroxyl groups is 1. The number of rotatable bonds is 5. The summed E-state index contributed by atoms with van der Waals surface area (Å²) in [6, 6.07) is 0. The van der Waals surface area contributed by atoms with Crippen LogP contribution in [0.4, 0.5) is 0 Å². The van der Waals surface area contributed by atoms with Crippen LogP contribution in [0.3, 0.4) is 0 Å². The molecule has 0 atom stereocenters. The lowest BCUT2D eigenvalue weighted by atomic mass is 10.1. The summed E-state index contributed by atoms with van der Waals surface area (Å²) in [4.78, 5) is 16.0. The number of nitrogens with zero attached hydrogens (tertiary/aromatic N) is 2. The van der Waals surface area contributed by atoms with Crippen molar-refractivity contribution in [1.29, 1.82) is 0 Å².